The second kappa shape index (κ2) is 8.47. The smallest absolute Gasteiger partial charge is 0.321 e. The predicted molar refractivity (Wildman–Crippen MR) is 116 cm³/mol. The second-order valence-corrected chi connectivity index (χ2v) is 7.40. The number of alkyl halides is 3. The summed E-state index contributed by atoms with van der Waals surface area (Å²) in [6, 6.07) is 18.6. The fraction of sp³-hybridized carbons (Fsp3) is 0.0870. The minimum absolute atomic E-state index is 0.0837. The zero-order chi connectivity index (χ0) is 22.9. The minimum Gasteiger partial charge on any atom is -0.321 e. The molecule has 0 bridgehead atoms. The van der Waals surface area contributed by atoms with Crippen LogP contribution in [0.1, 0.15) is 21.6 Å². The molecule has 162 valence electrons. The van der Waals surface area contributed by atoms with E-state index in [1.54, 1.807) is 24.3 Å². The highest BCUT2D eigenvalue weighted by Crippen LogP contribution is 2.36. The largest absolute Gasteiger partial charge is 0.417 e. The summed E-state index contributed by atoms with van der Waals surface area (Å²) < 4.78 is 40.6. The molecule has 4 rings (SSSR count). The van der Waals surface area contributed by atoms with Gasteiger partial charge in [-0.3, -0.25) is 9.59 Å². The quantitative estimate of drug-likeness (QED) is 0.448. The summed E-state index contributed by atoms with van der Waals surface area (Å²) in [7, 11) is 0. The molecule has 0 fully saturated rings. The lowest BCUT2D eigenvalue weighted by molar-refractivity contribution is -0.137. The van der Waals surface area contributed by atoms with E-state index in [0.717, 1.165) is 22.4 Å². The molecule has 0 unspecified atom stereocenters. The van der Waals surface area contributed by atoms with Gasteiger partial charge in [-0.05, 0) is 29.8 Å². The first kappa shape index (κ1) is 21.6. The molecular weight excluding hydrogens is 443 g/mol. The summed E-state index contributed by atoms with van der Waals surface area (Å²) in [5, 5.41) is 6.74. The van der Waals surface area contributed by atoms with Gasteiger partial charge in [0.2, 0.25) is 0 Å². The van der Waals surface area contributed by atoms with E-state index in [1.165, 1.54) is 6.07 Å². The first-order chi connectivity index (χ1) is 15.2. The molecule has 0 saturated carbocycles. The minimum atomic E-state index is -4.67. The van der Waals surface area contributed by atoms with Gasteiger partial charge in [0.25, 0.3) is 11.5 Å². The highest BCUT2D eigenvalue weighted by Gasteiger charge is 2.33. The van der Waals surface area contributed by atoms with Crippen molar-refractivity contribution >= 4 is 34.0 Å². The van der Waals surface area contributed by atoms with Crippen molar-refractivity contribution in [1.82, 2.24) is 9.78 Å². The number of halogens is 4. The highest BCUT2D eigenvalue weighted by atomic mass is 35.5. The van der Waals surface area contributed by atoms with E-state index in [9.17, 15) is 22.8 Å². The summed E-state index contributed by atoms with van der Waals surface area (Å²) >= 11 is 5.64. The van der Waals surface area contributed by atoms with Gasteiger partial charge in [-0.25, -0.2) is 4.68 Å². The fourth-order valence-corrected chi connectivity index (χ4v) is 3.50. The lowest BCUT2D eigenvalue weighted by Crippen LogP contribution is -2.28. The van der Waals surface area contributed by atoms with E-state index in [4.69, 9.17) is 11.6 Å². The van der Waals surface area contributed by atoms with E-state index in [-0.39, 0.29) is 28.9 Å². The Morgan fingerprint density at radius 3 is 2.31 bits per heavy atom. The van der Waals surface area contributed by atoms with Crippen molar-refractivity contribution in [1.29, 1.82) is 0 Å². The summed E-state index contributed by atoms with van der Waals surface area (Å²) in [5.41, 5.74) is -0.829. The monoisotopic (exact) mass is 457 g/mol. The van der Waals surface area contributed by atoms with Crippen LogP contribution in [-0.4, -0.2) is 15.7 Å². The third kappa shape index (κ3) is 4.36. The van der Waals surface area contributed by atoms with Crippen LogP contribution in [0.4, 0.5) is 18.9 Å². The molecule has 5 nitrogen and oxygen atoms in total. The molecule has 0 radical (unpaired) electrons. The SMILES string of the molecule is O=C(Nc1ccc(Cl)c(C(F)(F)F)c1)c1nn(Cc2ccccc2)c(=O)c2ccccc12. The van der Waals surface area contributed by atoms with Gasteiger partial charge in [-0.15, -0.1) is 0 Å². The van der Waals surface area contributed by atoms with Crippen LogP contribution in [0.25, 0.3) is 10.8 Å². The van der Waals surface area contributed by atoms with Crippen LogP contribution >= 0.6 is 11.6 Å². The van der Waals surface area contributed by atoms with Gasteiger partial charge < -0.3 is 5.32 Å². The number of nitrogens with one attached hydrogen (secondary N) is 1. The van der Waals surface area contributed by atoms with Crippen LogP contribution in [-0.2, 0) is 12.7 Å². The zero-order valence-corrected chi connectivity index (χ0v) is 17.1. The highest BCUT2D eigenvalue weighted by molar-refractivity contribution is 6.31. The standard InChI is InChI=1S/C23H15ClF3N3O2/c24-19-11-10-15(12-18(19)23(25,26)27)28-21(31)20-16-8-4-5-9-17(16)22(32)30(29-20)13-14-6-2-1-3-7-14/h1-12H,13H2,(H,28,31). The van der Waals surface area contributed by atoms with Crippen LogP contribution in [0.2, 0.25) is 5.02 Å². The number of carbonyl (C=O) groups is 1. The maximum absolute atomic E-state index is 13.2. The van der Waals surface area contributed by atoms with E-state index >= 15 is 0 Å². The average molecular weight is 458 g/mol. The van der Waals surface area contributed by atoms with Gasteiger partial charge in [0, 0.05) is 11.1 Å². The molecule has 0 atom stereocenters. The summed E-state index contributed by atoms with van der Waals surface area (Å²) in [4.78, 5) is 25.9. The van der Waals surface area contributed by atoms with E-state index in [0.29, 0.717) is 5.39 Å². The molecular formula is C23H15ClF3N3O2. The maximum atomic E-state index is 13.2. The van der Waals surface area contributed by atoms with Crippen LogP contribution in [0.5, 0.6) is 0 Å². The molecule has 0 aliphatic heterocycles. The van der Waals surface area contributed by atoms with Crippen LogP contribution in [0.15, 0.2) is 77.6 Å². The zero-order valence-electron chi connectivity index (χ0n) is 16.4. The van der Waals surface area contributed by atoms with Crippen LogP contribution in [0, 0.1) is 0 Å². The Morgan fingerprint density at radius 1 is 0.969 bits per heavy atom. The number of amides is 1. The van der Waals surface area contributed by atoms with E-state index in [1.807, 2.05) is 30.3 Å². The first-order valence-corrected chi connectivity index (χ1v) is 9.84. The van der Waals surface area contributed by atoms with Gasteiger partial charge in [0.05, 0.1) is 22.5 Å². The van der Waals surface area contributed by atoms with Gasteiger partial charge in [-0.1, -0.05) is 60.1 Å². The number of carbonyl (C=O) groups excluding carboxylic acids is 1. The number of rotatable bonds is 4. The van der Waals surface area contributed by atoms with Crippen molar-refractivity contribution in [3.63, 3.8) is 0 Å². The molecule has 0 spiro atoms. The van der Waals surface area contributed by atoms with Crippen molar-refractivity contribution in [3.8, 4) is 0 Å². The van der Waals surface area contributed by atoms with Crippen molar-refractivity contribution in [3.05, 3.63) is 105 Å². The van der Waals surface area contributed by atoms with Gasteiger partial charge in [0.1, 0.15) is 0 Å². The fourth-order valence-electron chi connectivity index (χ4n) is 3.28. The predicted octanol–water partition coefficient (Wildman–Crippen LogP) is 5.37. The Balaban J connectivity index is 1.76. The Bertz CT molecular complexity index is 1370. The van der Waals surface area contributed by atoms with Crippen molar-refractivity contribution in [2.24, 2.45) is 0 Å². The lowest BCUT2D eigenvalue weighted by atomic mass is 10.1. The summed E-state index contributed by atoms with van der Waals surface area (Å²) in [6.45, 7) is 0.129. The van der Waals surface area contributed by atoms with Gasteiger partial charge in [0.15, 0.2) is 5.69 Å². The van der Waals surface area contributed by atoms with Crippen LogP contribution in [0.3, 0.4) is 0 Å². The first-order valence-electron chi connectivity index (χ1n) is 9.46. The van der Waals surface area contributed by atoms with Gasteiger partial charge in [-0.2, -0.15) is 18.3 Å². The Hall–Kier alpha value is -3.65. The summed E-state index contributed by atoms with van der Waals surface area (Å²) in [6.07, 6.45) is -4.67. The van der Waals surface area contributed by atoms with E-state index < -0.39 is 22.7 Å². The van der Waals surface area contributed by atoms with Crippen molar-refractivity contribution in [2.75, 3.05) is 5.32 Å². The molecule has 9 heteroatoms. The maximum Gasteiger partial charge on any atom is 0.417 e. The number of benzene rings is 3. The second-order valence-electron chi connectivity index (χ2n) is 6.99. The Labute approximate surface area is 185 Å². The number of nitrogens with zero attached hydrogens (tertiary/aromatic N) is 2. The lowest BCUT2D eigenvalue weighted by Gasteiger charge is -2.13. The average Bonchev–Trinajstić information content (AvgIpc) is 2.77. The summed E-state index contributed by atoms with van der Waals surface area (Å²) in [5.74, 6) is -0.751. The number of hydrogen-bond acceptors (Lipinski definition) is 3. The third-order valence-corrected chi connectivity index (χ3v) is 5.12. The Morgan fingerprint density at radius 2 is 1.62 bits per heavy atom. The molecule has 4 aromatic rings. The number of fused-ring (bicyclic) bond motifs is 1. The molecule has 0 aliphatic rings. The van der Waals surface area contributed by atoms with Crippen LogP contribution < -0.4 is 10.9 Å². The molecule has 3 aromatic carbocycles. The van der Waals surface area contributed by atoms with Crippen molar-refractivity contribution in [2.45, 2.75) is 12.7 Å². The number of anilines is 1. The molecule has 0 aliphatic carbocycles. The number of aromatic nitrogens is 2. The molecule has 32 heavy (non-hydrogen) atoms. The topological polar surface area (TPSA) is 64.0 Å². The molecule has 1 heterocycles. The molecule has 0 saturated heterocycles. The Kier molecular flexibility index (Phi) is 5.71. The third-order valence-electron chi connectivity index (χ3n) is 4.79. The van der Waals surface area contributed by atoms with Crippen molar-refractivity contribution < 1.29 is 18.0 Å². The normalized spacial score (nSPS) is 11.5. The molecule has 1 N–H and O–H groups in total. The van der Waals surface area contributed by atoms with Gasteiger partial charge >= 0.3 is 6.18 Å². The van der Waals surface area contributed by atoms with E-state index in [2.05, 4.69) is 10.4 Å². The molecule has 1 aromatic heterocycles. The molecule has 1 amide bonds. The number of hydrogen-bond donors (Lipinski definition) is 1.